The molecule has 0 saturated carbocycles. The molecule has 1 saturated heterocycles. The van der Waals surface area contributed by atoms with Crippen LogP contribution in [0.1, 0.15) is 20.3 Å². The summed E-state index contributed by atoms with van der Waals surface area (Å²) in [5, 5.41) is 9.36. The van der Waals surface area contributed by atoms with Gasteiger partial charge in [0.1, 0.15) is 12.7 Å². The van der Waals surface area contributed by atoms with Crippen LogP contribution < -0.4 is 0 Å². The second-order valence-electron chi connectivity index (χ2n) is 3.09. The molecule has 0 aromatic rings. The van der Waals surface area contributed by atoms with E-state index in [4.69, 9.17) is 9.47 Å². The summed E-state index contributed by atoms with van der Waals surface area (Å²) in [5.74, 6) is -0.342. The van der Waals surface area contributed by atoms with Gasteiger partial charge >= 0.3 is 5.97 Å². The van der Waals surface area contributed by atoms with Gasteiger partial charge in [0.15, 0.2) is 0 Å². The van der Waals surface area contributed by atoms with Gasteiger partial charge in [-0.1, -0.05) is 0 Å². The van der Waals surface area contributed by atoms with E-state index in [1.807, 2.05) is 6.92 Å². The van der Waals surface area contributed by atoms with Gasteiger partial charge in [0, 0.05) is 13.3 Å². The Hall–Kier alpha value is -0.610. The number of rotatable bonds is 2. The summed E-state index contributed by atoms with van der Waals surface area (Å²) in [6.07, 6.45) is -0.171. The van der Waals surface area contributed by atoms with Crippen molar-refractivity contribution in [2.75, 3.05) is 6.61 Å². The van der Waals surface area contributed by atoms with Gasteiger partial charge in [-0.25, -0.2) is 0 Å². The van der Waals surface area contributed by atoms with Gasteiger partial charge in [-0.05, 0) is 6.92 Å². The zero-order valence-electron chi connectivity index (χ0n) is 7.32. The summed E-state index contributed by atoms with van der Waals surface area (Å²) in [6.45, 7) is 3.38. The highest BCUT2D eigenvalue weighted by Gasteiger charge is 2.31. The van der Waals surface area contributed by atoms with Gasteiger partial charge in [0.25, 0.3) is 0 Å². The Kier molecular flexibility index (Phi) is 3.05. The standard InChI is InChI=1S/C8H14O4/c1-5-3-7(10)8(12-5)4-11-6(2)9/h5,7-8,10H,3-4H2,1-2H3/t5-,7-,8+/m0/s1. The number of aliphatic hydroxyl groups is 1. The smallest absolute Gasteiger partial charge is 0.302 e. The van der Waals surface area contributed by atoms with Crippen molar-refractivity contribution in [2.45, 2.75) is 38.6 Å². The first-order chi connectivity index (χ1) is 5.59. The van der Waals surface area contributed by atoms with Crippen molar-refractivity contribution in [3.05, 3.63) is 0 Å². The lowest BCUT2D eigenvalue weighted by Crippen LogP contribution is -2.27. The van der Waals surface area contributed by atoms with E-state index in [1.165, 1.54) is 6.92 Å². The van der Waals surface area contributed by atoms with Crippen LogP contribution in [0.5, 0.6) is 0 Å². The van der Waals surface area contributed by atoms with Crippen LogP contribution in [0.4, 0.5) is 0 Å². The van der Waals surface area contributed by atoms with Crippen molar-refractivity contribution in [1.29, 1.82) is 0 Å². The minimum atomic E-state index is -0.501. The van der Waals surface area contributed by atoms with Gasteiger partial charge < -0.3 is 14.6 Å². The predicted octanol–water partition coefficient (Wildman–Crippen LogP) is 0.0878. The van der Waals surface area contributed by atoms with Gasteiger partial charge in [-0.2, -0.15) is 0 Å². The Bertz CT molecular complexity index is 168. The highest BCUT2D eigenvalue weighted by molar-refractivity contribution is 5.65. The fourth-order valence-electron chi connectivity index (χ4n) is 1.29. The van der Waals surface area contributed by atoms with E-state index in [0.29, 0.717) is 6.42 Å². The number of hydrogen-bond donors (Lipinski definition) is 1. The topological polar surface area (TPSA) is 55.8 Å². The third-order valence-corrected chi connectivity index (χ3v) is 1.86. The Morgan fingerprint density at radius 2 is 2.42 bits per heavy atom. The van der Waals surface area contributed by atoms with E-state index in [1.54, 1.807) is 0 Å². The van der Waals surface area contributed by atoms with Crippen LogP contribution in [0, 0.1) is 0 Å². The van der Waals surface area contributed by atoms with Crippen LogP contribution in [0.15, 0.2) is 0 Å². The molecule has 70 valence electrons. The number of carbonyl (C=O) groups is 1. The van der Waals surface area contributed by atoms with Crippen molar-refractivity contribution in [2.24, 2.45) is 0 Å². The molecule has 0 aromatic carbocycles. The molecule has 0 spiro atoms. The fourth-order valence-corrected chi connectivity index (χ4v) is 1.29. The lowest BCUT2D eigenvalue weighted by Gasteiger charge is -2.13. The predicted molar refractivity (Wildman–Crippen MR) is 41.6 cm³/mol. The first kappa shape index (κ1) is 9.48. The van der Waals surface area contributed by atoms with E-state index in [9.17, 15) is 9.90 Å². The summed E-state index contributed by atoms with van der Waals surface area (Å²) in [4.78, 5) is 10.4. The third-order valence-electron chi connectivity index (χ3n) is 1.86. The molecule has 0 unspecified atom stereocenters. The zero-order valence-corrected chi connectivity index (χ0v) is 7.32. The molecule has 3 atom stereocenters. The van der Waals surface area contributed by atoms with Gasteiger partial charge in [-0.3, -0.25) is 4.79 Å². The molecule has 1 fully saturated rings. The molecule has 12 heavy (non-hydrogen) atoms. The Morgan fingerprint density at radius 3 is 2.83 bits per heavy atom. The second kappa shape index (κ2) is 3.87. The molecule has 1 N–H and O–H groups in total. The van der Waals surface area contributed by atoms with Gasteiger partial charge in [0.2, 0.25) is 0 Å². The molecule has 4 heteroatoms. The van der Waals surface area contributed by atoms with Crippen LogP contribution in [0.25, 0.3) is 0 Å². The number of carbonyl (C=O) groups excluding carboxylic acids is 1. The maximum Gasteiger partial charge on any atom is 0.302 e. The molecule has 0 amide bonds. The first-order valence-corrected chi connectivity index (χ1v) is 4.06. The molecule has 0 aromatic heterocycles. The van der Waals surface area contributed by atoms with Crippen molar-refractivity contribution < 1.29 is 19.4 Å². The molecule has 0 radical (unpaired) electrons. The SMILES string of the molecule is CC(=O)OC[C@H]1O[C@@H](C)C[C@@H]1O. The van der Waals surface area contributed by atoms with E-state index in [2.05, 4.69) is 0 Å². The molecule has 0 aliphatic carbocycles. The Morgan fingerprint density at radius 1 is 1.75 bits per heavy atom. The van der Waals surface area contributed by atoms with Crippen LogP contribution in [0.2, 0.25) is 0 Å². The maximum absolute atomic E-state index is 10.4. The quantitative estimate of drug-likeness (QED) is 0.603. The molecular formula is C8H14O4. The van der Waals surface area contributed by atoms with E-state index in [0.717, 1.165) is 0 Å². The second-order valence-corrected chi connectivity index (χ2v) is 3.09. The zero-order chi connectivity index (χ0) is 9.14. The third kappa shape index (κ3) is 2.46. The van der Waals surface area contributed by atoms with E-state index >= 15 is 0 Å². The van der Waals surface area contributed by atoms with Crippen LogP contribution in [-0.2, 0) is 14.3 Å². The number of hydrogen-bond acceptors (Lipinski definition) is 4. The maximum atomic E-state index is 10.4. The summed E-state index contributed by atoms with van der Waals surface area (Å²) in [7, 11) is 0. The molecule has 1 aliphatic rings. The van der Waals surface area contributed by atoms with Gasteiger partial charge in [-0.15, -0.1) is 0 Å². The summed E-state index contributed by atoms with van der Waals surface area (Å²) < 4.78 is 10.0. The van der Waals surface area contributed by atoms with Crippen molar-refractivity contribution in [1.82, 2.24) is 0 Å². The summed E-state index contributed by atoms with van der Waals surface area (Å²) in [5.41, 5.74) is 0. The normalized spacial score (nSPS) is 35.1. The van der Waals surface area contributed by atoms with Crippen LogP contribution >= 0.6 is 0 Å². The lowest BCUT2D eigenvalue weighted by atomic mass is 10.1. The monoisotopic (exact) mass is 174 g/mol. The van der Waals surface area contributed by atoms with E-state index in [-0.39, 0.29) is 24.8 Å². The Labute approximate surface area is 71.5 Å². The summed E-state index contributed by atoms with van der Waals surface area (Å²) in [6, 6.07) is 0. The number of aliphatic hydroxyl groups excluding tert-OH is 1. The number of esters is 1. The minimum absolute atomic E-state index is 0.0561. The van der Waals surface area contributed by atoms with E-state index < -0.39 is 6.10 Å². The molecule has 1 heterocycles. The average Bonchev–Trinajstić information content (AvgIpc) is 2.26. The molecular weight excluding hydrogens is 160 g/mol. The molecule has 0 bridgehead atoms. The molecule has 1 aliphatic heterocycles. The Balaban J connectivity index is 2.28. The van der Waals surface area contributed by atoms with Crippen molar-refractivity contribution in [3.8, 4) is 0 Å². The fraction of sp³-hybridized carbons (Fsp3) is 0.875. The molecule has 1 rings (SSSR count). The number of ether oxygens (including phenoxy) is 2. The highest BCUT2D eigenvalue weighted by atomic mass is 16.6. The van der Waals surface area contributed by atoms with Crippen LogP contribution in [-0.4, -0.2) is 36.0 Å². The largest absolute Gasteiger partial charge is 0.463 e. The molecule has 4 nitrogen and oxygen atoms in total. The highest BCUT2D eigenvalue weighted by Crippen LogP contribution is 2.19. The minimum Gasteiger partial charge on any atom is -0.463 e. The average molecular weight is 174 g/mol. The van der Waals surface area contributed by atoms with Gasteiger partial charge in [0.05, 0.1) is 12.2 Å². The van der Waals surface area contributed by atoms with Crippen molar-refractivity contribution >= 4 is 5.97 Å². The lowest BCUT2D eigenvalue weighted by molar-refractivity contribution is -0.146. The van der Waals surface area contributed by atoms with Crippen molar-refractivity contribution in [3.63, 3.8) is 0 Å². The summed E-state index contributed by atoms with van der Waals surface area (Å²) >= 11 is 0. The first-order valence-electron chi connectivity index (χ1n) is 4.06. The van der Waals surface area contributed by atoms with Crippen LogP contribution in [0.3, 0.4) is 0 Å².